The smallest absolute Gasteiger partial charge is 0.338 e. The van der Waals surface area contributed by atoms with Crippen molar-refractivity contribution in [2.45, 2.75) is 6.54 Å². The van der Waals surface area contributed by atoms with Gasteiger partial charge in [-0.2, -0.15) is 0 Å². The highest BCUT2D eigenvalue weighted by molar-refractivity contribution is 7.74. The van der Waals surface area contributed by atoms with Crippen molar-refractivity contribution in [3.63, 3.8) is 0 Å². The van der Waals surface area contributed by atoms with Crippen LogP contribution in [-0.2, 0) is 23.0 Å². The number of allylic oxidation sites excluding steroid dienone is 3. The van der Waals surface area contributed by atoms with E-state index in [9.17, 15) is 9.35 Å². The van der Waals surface area contributed by atoms with Crippen LogP contribution in [0.5, 0.6) is 0 Å². The zero-order valence-electron chi connectivity index (χ0n) is 9.50. The molecule has 0 amide bonds. The van der Waals surface area contributed by atoms with Gasteiger partial charge in [0.25, 0.3) is 0 Å². The minimum Gasteiger partial charge on any atom is -0.544 e. The van der Waals surface area contributed by atoms with Crippen molar-refractivity contribution < 1.29 is 18.9 Å². The Hall–Kier alpha value is -1.76. The van der Waals surface area contributed by atoms with Crippen molar-refractivity contribution in [1.82, 2.24) is 0 Å². The van der Waals surface area contributed by atoms with Gasteiger partial charge in [0, 0.05) is 6.08 Å². The number of hydrogen-bond acceptors (Lipinski definition) is 4. The first-order valence-electron chi connectivity index (χ1n) is 5.18. The Balaban J connectivity index is 2.32. The summed E-state index contributed by atoms with van der Waals surface area (Å²) in [5.74, 6) is -0.556. The fourth-order valence-corrected chi connectivity index (χ4v) is 2.03. The number of carbonyl (C=O) groups is 1. The number of halogens is 1. The molecular formula is C12H8ClNO4S. The van der Waals surface area contributed by atoms with Gasteiger partial charge in [-0.1, -0.05) is 11.6 Å². The summed E-state index contributed by atoms with van der Waals surface area (Å²) in [5, 5.41) is 9.28. The molecule has 1 aromatic rings. The van der Waals surface area contributed by atoms with E-state index in [-0.39, 0.29) is 39.4 Å². The van der Waals surface area contributed by atoms with Gasteiger partial charge in [0.05, 0.1) is 24.1 Å². The van der Waals surface area contributed by atoms with Crippen LogP contribution >= 0.6 is 11.6 Å². The molecule has 0 saturated carbocycles. The lowest BCUT2D eigenvalue weighted by Crippen LogP contribution is -2.18. The largest absolute Gasteiger partial charge is 0.544 e. The lowest BCUT2D eigenvalue weighted by Gasteiger charge is -2.07. The maximum atomic E-state index is 11.1. The highest BCUT2D eigenvalue weighted by atomic mass is 35.5. The summed E-state index contributed by atoms with van der Waals surface area (Å²) < 4.78 is 15.9. The molecule has 1 aliphatic carbocycles. The summed E-state index contributed by atoms with van der Waals surface area (Å²) in [4.78, 5) is 15.4. The Morgan fingerprint density at radius 1 is 1.53 bits per heavy atom. The summed E-state index contributed by atoms with van der Waals surface area (Å²) in [5.41, 5.74) is 0.154. The van der Waals surface area contributed by atoms with Crippen LogP contribution in [0.25, 0.3) is 0 Å². The number of rotatable bonds is 3. The molecule has 19 heavy (non-hydrogen) atoms. The molecule has 0 bridgehead atoms. The molecule has 0 fully saturated rings. The maximum absolute atomic E-state index is 11.1. The van der Waals surface area contributed by atoms with Crippen molar-refractivity contribution in [3.8, 4) is 0 Å². The van der Waals surface area contributed by atoms with Crippen molar-refractivity contribution in [2.24, 2.45) is 4.99 Å². The van der Waals surface area contributed by atoms with Crippen molar-refractivity contribution in [3.05, 3.63) is 46.9 Å². The van der Waals surface area contributed by atoms with Gasteiger partial charge in [-0.3, -0.25) is 4.99 Å². The molecule has 1 heterocycles. The van der Waals surface area contributed by atoms with Gasteiger partial charge < -0.3 is 14.1 Å². The number of nitrogens with zero attached hydrogens (tertiary/aromatic N) is 1. The quantitative estimate of drug-likeness (QED) is 0.523. The van der Waals surface area contributed by atoms with Gasteiger partial charge in [-0.25, -0.2) is 4.79 Å². The molecule has 1 N–H and O–H groups in total. The highest BCUT2D eigenvalue weighted by Crippen LogP contribution is 2.18. The molecule has 0 aliphatic heterocycles. The molecule has 5 nitrogen and oxygen atoms in total. The highest BCUT2D eigenvalue weighted by Gasteiger charge is 2.24. The molecule has 0 saturated heterocycles. The molecule has 0 radical (unpaired) electrons. The van der Waals surface area contributed by atoms with E-state index in [4.69, 9.17) is 21.1 Å². The normalized spacial score (nSPS) is 19.5. The Morgan fingerprint density at radius 3 is 2.89 bits per heavy atom. The van der Waals surface area contributed by atoms with Gasteiger partial charge in [0.1, 0.15) is 10.8 Å². The summed E-state index contributed by atoms with van der Waals surface area (Å²) in [6.07, 6.45) is 4.10. The summed E-state index contributed by atoms with van der Waals surface area (Å²) in [6, 6.07) is 3.44. The van der Waals surface area contributed by atoms with E-state index in [2.05, 4.69) is 4.99 Å². The van der Waals surface area contributed by atoms with Crippen molar-refractivity contribution >= 4 is 39.8 Å². The monoisotopic (exact) mass is 297 g/mol. The second-order valence-electron chi connectivity index (χ2n) is 3.58. The predicted octanol–water partition coefficient (Wildman–Crippen LogP) is 1.75. The third-order valence-electron chi connectivity index (χ3n) is 2.36. The van der Waals surface area contributed by atoms with E-state index in [1.165, 1.54) is 18.4 Å². The minimum absolute atomic E-state index is 0.0608. The zero-order chi connectivity index (χ0) is 13.8. The molecule has 0 unspecified atom stereocenters. The number of hydrogen-bond donors (Lipinski definition) is 1. The van der Waals surface area contributed by atoms with E-state index in [1.54, 1.807) is 12.1 Å². The predicted molar refractivity (Wildman–Crippen MR) is 72.7 cm³/mol. The third kappa shape index (κ3) is 3.17. The summed E-state index contributed by atoms with van der Waals surface area (Å²) in [7, 11) is 0. The first kappa shape index (κ1) is 13.7. The van der Waals surface area contributed by atoms with E-state index >= 15 is 0 Å². The lowest BCUT2D eigenvalue weighted by atomic mass is 10.0. The molecule has 1 aliphatic rings. The van der Waals surface area contributed by atoms with E-state index in [1.807, 2.05) is 0 Å². The maximum Gasteiger partial charge on any atom is 0.338 e. The number of aliphatic imine (C=N–C) groups is 1. The fraction of sp³-hybridized carbons (Fsp3) is 0.0833. The van der Waals surface area contributed by atoms with Crippen LogP contribution in [0.15, 0.2) is 50.6 Å². The molecule has 7 heteroatoms. The molecule has 0 aromatic carbocycles. The minimum atomic E-state index is -1.16. The SMILES string of the molecule is O=C(O)C1=CC(=[S+][O-])C(Cl)=CC1=NCc1ccco1. The second-order valence-corrected chi connectivity index (χ2v) is 4.60. The number of carboxylic acid groups (broad SMARTS) is 1. The molecule has 0 atom stereocenters. The average molecular weight is 298 g/mol. The first-order valence-corrected chi connectivity index (χ1v) is 6.30. The van der Waals surface area contributed by atoms with Gasteiger partial charge in [0.2, 0.25) is 4.86 Å². The van der Waals surface area contributed by atoms with Crippen molar-refractivity contribution in [1.29, 1.82) is 0 Å². The van der Waals surface area contributed by atoms with Gasteiger partial charge in [0.15, 0.2) is 11.6 Å². The van der Waals surface area contributed by atoms with Gasteiger partial charge in [-0.15, -0.1) is 0 Å². The van der Waals surface area contributed by atoms with Crippen LogP contribution in [-0.4, -0.2) is 26.2 Å². The number of carboxylic acids is 1. The molecule has 2 rings (SSSR count). The van der Waals surface area contributed by atoms with Crippen LogP contribution < -0.4 is 0 Å². The zero-order valence-corrected chi connectivity index (χ0v) is 11.1. The summed E-state index contributed by atoms with van der Waals surface area (Å²) >= 11 is 6.02. The topological polar surface area (TPSA) is 85.9 Å². The van der Waals surface area contributed by atoms with Crippen LogP contribution in [0.1, 0.15) is 5.76 Å². The van der Waals surface area contributed by atoms with Crippen LogP contribution in [0.2, 0.25) is 0 Å². The van der Waals surface area contributed by atoms with E-state index in [0.717, 1.165) is 0 Å². The van der Waals surface area contributed by atoms with Crippen LogP contribution in [0.4, 0.5) is 0 Å². The van der Waals surface area contributed by atoms with Gasteiger partial charge in [-0.05, 0) is 18.2 Å². The van der Waals surface area contributed by atoms with E-state index in [0.29, 0.717) is 5.76 Å². The van der Waals surface area contributed by atoms with Crippen molar-refractivity contribution in [2.75, 3.05) is 0 Å². The molecule has 0 spiro atoms. The van der Waals surface area contributed by atoms with E-state index < -0.39 is 5.97 Å². The lowest BCUT2D eigenvalue weighted by molar-refractivity contribution is -0.132. The summed E-state index contributed by atoms with van der Waals surface area (Å²) in [6.45, 7) is 0.202. The average Bonchev–Trinajstić information content (AvgIpc) is 2.89. The number of furan rings is 1. The Morgan fingerprint density at radius 2 is 2.32 bits per heavy atom. The molecule has 1 aromatic heterocycles. The first-order chi connectivity index (χ1) is 9.11. The van der Waals surface area contributed by atoms with Crippen LogP contribution in [0.3, 0.4) is 0 Å². The molecule has 98 valence electrons. The standard InChI is InChI=1S/C12H8ClNO4S/c13-9-5-10(14-6-7-2-1-3-18-7)8(12(15)16)4-11(9)19-17/h1-5H,6H2,(H,15,16). The van der Waals surface area contributed by atoms with Gasteiger partial charge >= 0.3 is 5.97 Å². The molecular weight excluding hydrogens is 290 g/mol. The Kier molecular flexibility index (Phi) is 4.26. The Labute approximate surface area is 117 Å². The third-order valence-corrected chi connectivity index (χ3v) is 3.30. The Bertz CT molecular complexity index is 614. The van der Waals surface area contributed by atoms with Crippen LogP contribution in [0, 0.1) is 0 Å². The fourth-order valence-electron chi connectivity index (χ4n) is 1.47. The second kappa shape index (κ2) is 5.92. The number of aliphatic carboxylic acids is 1.